The number of hydrogen-bond acceptors (Lipinski definition) is 5. The van der Waals surface area contributed by atoms with Gasteiger partial charge in [0.15, 0.2) is 11.5 Å². The molecule has 2 heterocycles. The van der Waals surface area contributed by atoms with Crippen molar-refractivity contribution < 1.29 is 14.3 Å². The molecule has 172 valence electrons. The van der Waals surface area contributed by atoms with Gasteiger partial charge in [0, 0.05) is 34.6 Å². The number of pyridine rings is 1. The third-order valence-electron chi connectivity index (χ3n) is 7.16. The molecule has 7 heteroatoms. The molecule has 1 aromatic heterocycles. The Kier molecular flexibility index (Phi) is 6.29. The molecule has 0 radical (unpaired) electrons. The first-order valence-corrected chi connectivity index (χ1v) is 11.3. The molecule has 1 aromatic carbocycles. The van der Waals surface area contributed by atoms with Gasteiger partial charge in [0.05, 0.1) is 14.2 Å². The molecular weight excluding hydrogens is 404 g/mol. The number of likely N-dealkylation sites (N-methyl/N-ethyl adjacent to an activating group) is 1. The standard InChI is InChI=1S/C25H34N4O3/c1-16-12-20(13-17(2)26-16)28-24(30)27-19-8-9-25(10-11-29(3)23(25)15-19)18-6-7-21(31-4)22(14-18)32-5/h6-7,12-14,19,23H,8-11,15H2,1-5H3,(H2,26,27,28,30)/t19-,23+,25-/m0/s1. The van der Waals surface area contributed by atoms with Gasteiger partial charge in [0.1, 0.15) is 0 Å². The number of nitrogens with zero attached hydrogens (tertiary/aromatic N) is 2. The Morgan fingerprint density at radius 1 is 1.09 bits per heavy atom. The molecule has 2 amide bonds. The molecule has 3 atom stereocenters. The summed E-state index contributed by atoms with van der Waals surface area (Å²) in [6, 6.07) is 10.5. The maximum atomic E-state index is 12.7. The Morgan fingerprint density at radius 2 is 1.81 bits per heavy atom. The van der Waals surface area contributed by atoms with E-state index in [0.29, 0.717) is 6.04 Å². The molecule has 0 spiro atoms. The number of anilines is 1. The first kappa shape index (κ1) is 22.4. The van der Waals surface area contributed by atoms with E-state index in [9.17, 15) is 4.79 Å². The van der Waals surface area contributed by atoms with Crippen molar-refractivity contribution in [1.29, 1.82) is 0 Å². The Balaban J connectivity index is 1.48. The van der Waals surface area contributed by atoms with E-state index in [0.717, 1.165) is 60.8 Å². The summed E-state index contributed by atoms with van der Waals surface area (Å²) < 4.78 is 11.0. The van der Waals surface area contributed by atoms with Gasteiger partial charge in [-0.05, 0) is 83.0 Å². The van der Waals surface area contributed by atoms with Crippen LogP contribution in [0.15, 0.2) is 30.3 Å². The molecule has 32 heavy (non-hydrogen) atoms. The third kappa shape index (κ3) is 4.26. The summed E-state index contributed by atoms with van der Waals surface area (Å²) in [5, 5.41) is 6.18. The summed E-state index contributed by atoms with van der Waals surface area (Å²) in [7, 11) is 5.54. The van der Waals surface area contributed by atoms with Crippen LogP contribution in [-0.4, -0.2) is 55.8 Å². The van der Waals surface area contributed by atoms with Crippen LogP contribution in [0.25, 0.3) is 0 Å². The van der Waals surface area contributed by atoms with Gasteiger partial charge in [-0.1, -0.05) is 6.07 Å². The number of ether oxygens (including phenoxy) is 2. The van der Waals surface area contributed by atoms with E-state index in [-0.39, 0.29) is 17.5 Å². The number of carbonyl (C=O) groups excluding carboxylic acids is 1. The average molecular weight is 439 g/mol. The molecule has 1 saturated heterocycles. The molecule has 1 aliphatic carbocycles. The van der Waals surface area contributed by atoms with Crippen LogP contribution >= 0.6 is 0 Å². The lowest BCUT2D eigenvalue weighted by atomic mass is 9.65. The van der Waals surface area contributed by atoms with Crippen LogP contribution in [0, 0.1) is 13.8 Å². The molecule has 2 fully saturated rings. The lowest BCUT2D eigenvalue weighted by molar-refractivity contribution is 0.156. The molecule has 2 N–H and O–H groups in total. The van der Waals surface area contributed by atoms with Crippen molar-refractivity contribution in [3.05, 3.63) is 47.3 Å². The van der Waals surface area contributed by atoms with Crippen molar-refractivity contribution in [2.75, 3.05) is 33.1 Å². The van der Waals surface area contributed by atoms with E-state index in [4.69, 9.17) is 9.47 Å². The normalized spacial score (nSPS) is 25.2. The first-order valence-electron chi connectivity index (χ1n) is 11.3. The van der Waals surface area contributed by atoms with E-state index in [1.165, 1.54) is 5.56 Å². The van der Waals surface area contributed by atoms with Gasteiger partial charge in [-0.3, -0.25) is 4.98 Å². The second-order valence-electron chi connectivity index (χ2n) is 9.18. The predicted molar refractivity (Wildman–Crippen MR) is 126 cm³/mol. The lowest BCUT2D eigenvalue weighted by Gasteiger charge is -2.45. The highest BCUT2D eigenvalue weighted by Gasteiger charge is 2.50. The van der Waals surface area contributed by atoms with Crippen molar-refractivity contribution in [1.82, 2.24) is 15.2 Å². The number of rotatable bonds is 5. The van der Waals surface area contributed by atoms with E-state index in [1.807, 2.05) is 32.0 Å². The highest BCUT2D eigenvalue weighted by Crippen LogP contribution is 2.49. The van der Waals surface area contributed by atoms with Crippen molar-refractivity contribution in [3.8, 4) is 11.5 Å². The van der Waals surface area contributed by atoms with Crippen LogP contribution < -0.4 is 20.1 Å². The number of aromatic nitrogens is 1. The van der Waals surface area contributed by atoms with Crippen LogP contribution in [0.5, 0.6) is 11.5 Å². The fraction of sp³-hybridized carbons (Fsp3) is 0.520. The minimum atomic E-state index is -0.153. The second-order valence-corrected chi connectivity index (χ2v) is 9.18. The number of hydrogen-bond donors (Lipinski definition) is 2. The summed E-state index contributed by atoms with van der Waals surface area (Å²) in [6.07, 6.45) is 4.00. The fourth-order valence-corrected chi connectivity index (χ4v) is 5.65. The maximum absolute atomic E-state index is 12.7. The van der Waals surface area contributed by atoms with Crippen molar-refractivity contribution >= 4 is 11.7 Å². The number of fused-ring (bicyclic) bond motifs is 1. The van der Waals surface area contributed by atoms with E-state index < -0.39 is 0 Å². The third-order valence-corrected chi connectivity index (χ3v) is 7.16. The smallest absolute Gasteiger partial charge is 0.319 e. The van der Waals surface area contributed by atoms with Crippen molar-refractivity contribution in [2.24, 2.45) is 0 Å². The number of methoxy groups -OCH3 is 2. The van der Waals surface area contributed by atoms with E-state index in [1.54, 1.807) is 14.2 Å². The van der Waals surface area contributed by atoms with E-state index >= 15 is 0 Å². The van der Waals surface area contributed by atoms with E-state index in [2.05, 4.69) is 39.7 Å². The fourth-order valence-electron chi connectivity index (χ4n) is 5.65. The molecule has 4 rings (SSSR count). The zero-order valence-corrected chi connectivity index (χ0v) is 19.7. The van der Waals surface area contributed by atoms with Gasteiger partial charge in [0.25, 0.3) is 0 Å². The molecular formula is C25H34N4O3. The van der Waals surface area contributed by atoms with Gasteiger partial charge < -0.3 is 25.0 Å². The summed E-state index contributed by atoms with van der Waals surface area (Å²) in [5.41, 5.74) is 3.94. The van der Waals surface area contributed by atoms with Gasteiger partial charge in [0.2, 0.25) is 0 Å². The first-order chi connectivity index (χ1) is 15.3. The molecule has 2 aromatic rings. The molecule has 0 bridgehead atoms. The van der Waals surface area contributed by atoms with Crippen LogP contribution in [0.2, 0.25) is 0 Å². The zero-order valence-electron chi connectivity index (χ0n) is 19.7. The molecule has 7 nitrogen and oxygen atoms in total. The molecule has 2 aliphatic rings. The van der Waals surface area contributed by atoms with Gasteiger partial charge >= 0.3 is 6.03 Å². The minimum absolute atomic E-state index is 0.0717. The zero-order chi connectivity index (χ0) is 22.9. The Bertz CT molecular complexity index is 975. The highest BCUT2D eigenvalue weighted by molar-refractivity contribution is 5.89. The van der Waals surface area contributed by atoms with Crippen molar-refractivity contribution in [2.45, 2.75) is 57.0 Å². The van der Waals surface area contributed by atoms with Crippen LogP contribution in [0.4, 0.5) is 10.5 Å². The quantitative estimate of drug-likeness (QED) is 0.737. The number of likely N-dealkylation sites (tertiary alicyclic amines) is 1. The Labute approximate surface area is 190 Å². The summed E-state index contributed by atoms with van der Waals surface area (Å²) in [6.45, 7) is 4.91. The number of carbonyl (C=O) groups is 1. The monoisotopic (exact) mass is 438 g/mol. The minimum Gasteiger partial charge on any atom is -0.493 e. The van der Waals surface area contributed by atoms with Crippen molar-refractivity contribution in [3.63, 3.8) is 0 Å². The van der Waals surface area contributed by atoms with Crippen LogP contribution in [0.3, 0.4) is 0 Å². The maximum Gasteiger partial charge on any atom is 0.319 e. The molecule has 1 saturated carbocycles. The van der Waals surface area contributed by atoms with Gasteiger partial charge in [-0.25, -0.2) is 4.79 Å². The Hall–Kier alpha value is -2.80. The van der Waals surface area contributed by atoms with Crippen LogP contribution in [0.1, 0.15) is 42.6 Å². The second kappa shape index (κ2) is 8.98. The predicted octanol–water partition coefficient (Wildman–Crippen LogP) is 4.03. The summed E-state index contributed by atoms with van der Waals surface area (Å²) >= 11 is 0. The summed E-state index contributed by atoms with van der Waals surface area (Å²) in [5.74, 6) is 1.53. The van der Waals surface area contributed by atoms with Gasteiger partial charge in [-0.15, -0.1) is 0 Å². The SMILES string of the molecule is COc1ccc([C@@]23CC[C@H](NC(=O)Nc4cc(C)nc(C)c4)C[C@H]2N(C)CC3)cc1OC. The molecule has 0 unspecified atom stereocenters. The number of benzene rings is 1. The topological polar surface area (TPSA) is 75.7 Å². The number of amides is 2. The van der Waals surface area contributed by atoms with Crippen LogP contribution in [-0.2, 0) is 5.41 Å². The average Bonchev–Trinajstić information content (AvgIpc) is 3.09. The largest absolute Gasteiger partial charge is 0.493 e. The molecule has 1 aliphatic heterocycles. The summed E-state index contributed by atoms with van der Waals surface area (Å²) in [4.78, 5) is 19.5. The number of nitrogens with one attached hydrogen (secondary N) is 2. The van der Waals surface area contributed by atoms with Gasteiger partial charge in [-0.2, -0.15) is 0 Å². The number of aryl methyl sites for hydroxylation is 2. The Morgan fingerprint density at radius 3 is 2.50 bits per heavy atom. The lowest BCUT2D eigenvalue weighted by Crippen LogP contribution is -2.52. The highest BCUT2D eigenvalue weighted by atomic mass is 16.5. The number of urea groups is 1.